The van der Waals surface area contributed by atoms with Gasteiger partial charge in [-0.15, -0.1) is 0 Å². The molecule has 0 aliphatic rings. The Bertz CT molecular complexity index is 828. The van der Waals surface area contributed by atoms with Crippen LogP contribution in [-0.2, 0) is 13.1 Å². The molecule has 5 heteroatoms. The number of para-hydroxylation sites is 2. The molecule has 3 rings (SSSR count). The highest BCUT2D eigenvalue weighted by molar-refractivity contribution is 5.74. The molecular formula is C23H24N2O3. The van der Waals surface area contributed by atoms with E-state index in [1.807, 2.05) is 78.9 Å². The topological polar surface area (TPSA) is 50.8 Å². The Morgan fingerprint density at radius 1 is 0.786 bits per heavy atom. The molecule has 0 aliphatic carbocycles. The second-order valence-corrected chi connectivity index (χ2v) is 6.25. The van der Waals surface area contributed by atoms with Gasteiger partial charge in [0.25, 0.3) is 0 Å². The maximum atomic E-state index is 12.8. The zero-order chi connectivity index (χ0) is 19.6. The number of carbonyl (C=O) groups excluding carboxylic acids is 1. The average Bonchev–Trinajstić information content (AvgIpc) is 2.75. The molecule has 0 aromatic heterocycles. The van der Waals surface area contributed by atoms with Gasteiger partial charge in [-0.05, 0) is 23.3 Å². The van der Waals surface area contributed by atoms with Gasteiger partial charge in [0, 0.05) is 13.1 Å². The Morgan fingerprint density at radius 3 is 1.82 bits per heavy atom. The molecule has 0 radical (unpaired) electrons. The van der Waals surface area contributed by atoms with Gasteiger partial charge in [0.1, 0.15) is 0 Å². The van der Waals surface area contributed by atoms with Gasteiger partial charge < -0.3 is 19.7 Å². The van der Waals surface area contributed by atoms with Gasteiger partial charge >= 0.3 is 6.03 Å². The van der Waals surface area contributed by atoms with Crippen LogP contribution >= 0.6 is 0 Å². The highest BCUT2D eigenvalue weighted by Crippen LogP contribution is 2.25. The summed E-state index contributed by atoms with van der Waals surface area (Å²) in [6.45, 7) is 1.08. The highest BCUT2D eigenvalue weighted by Gasteiger charge is 2.15. The largest absolute Gasteiger partial charge is 0.493 e. The Balaban J connectivity index is 1.64. The Kier molecular flexibility index (Phi) is 6.90. The van der Waals surface area contributed by atoms with Crippen molar-refractivity contribution in [1.29, 1.82) is 0 Å². The number of urea groups is 1. The molecule has 0 aliphatic heterocycles. The lowest BCUT2D eigenvalue weighted by Gasteiger charge is -2.23. The fourth-order valence-electron chi connectivity index (χ4n) is 2.83. The zero-order valence-electron chi connectivity index (χ0n) is 15.9. The molecule has 0 atom stereocenters. The average molecular weight is 376 g/mol. The van der Waals surface area contributed by atoms with Crippen molar-refractivity contribution in [2.24, 2.45) is 0 Å². The van der Waals surface area contributed by atoms with Crippen LogP contribution in [0.3, 0.4) is 0 Å². The van der Waals surface area contributed by atoms with Gasteiger partial charge in [0.15, 0.2) is 18.2 Å². The fraction of sp³-hybridized carbons (Fsp3) is 0.174. The van der Waals surface area contributed by atoms with Crippen LogP contribution in [0.5, 0.6) is 11.5 Å². The first-order valence-electron chi connectivity index (χ1n) is 9.12. The van der Waals surface area contributed by atoms with Crippen LogP contribution in [-0.4, -0.2) is 24.8 Å². The second kappa shape index (κ2) is 10.0. The quantitative estimate of drug-likeness (QED) is 0.591. The number of ether oxygens (including phenoxy) is 2. The lowest BCUT2D eigenvalue weighted by atomic mass is 10.2. The van der Waals surface area contributed by atoms with Crippen LogP contribution in [0.15, 0.2) is 84.9 Å². The van der Waals surface area contributed by atoms with Crippen molar-refractivity contribution in [2.75, 3.05) is 13.8 Å². The SMILES string of the molecule is COc1ccccc1OCNC(=O)N(Cc1ccccc1)Cc1ccccc1. The van der Waals surface area contributed by atoms with Crippen molar-refractivity contribution < 1.29 is 14.3 Å². The molecule has 5 nitrogen and oxygen atoms in total. The third-order valence-corrected chi connectivity index (χ3v) is 4.24. The van der Waals surface area contributed by atoms with Gasteiger partial charge in [-0.3, -0.25) is 0 Å². The van der Waals surface area contributed by atoms with E-state index in [0.29, 0.717) is 24.6 Å². The third kappa shape index (κ3) is 5.51. The van der Waals surface area contributed by atoms with E-state index in [1.165, 1.54) is 0 Å². The van der Waals surface area contributed by atoms with E-state index in [4.69, 9.17) is 9.47 Å². The molecule has 28 heavy (non-hydrogen) atoms. The van der Waals surface area contributed by atoms with E-state index < -0.39 is 0 Å². The van der Waals surface area contributed by atoms with E-state index in [2.05, 4.69) is 5.32 Å². The van der Waals surface area contributed by atoms with Gasteiger partial charge in [0.05, 0.1) is 7.11 Å². The number of methoxy groups -OCH3 is 1. The lowest BCUT2D eigenvalue weighted by molar-refractivity contribution is 0.178. The second-order valence-electron chi connectivity index (χ2n) is 6.25. The molecule has 0 unspecified atom stereocenters. The smallest absolute Gasteiger partial charge is 0.320 e. The van der Waals surface area contributed by atoms with Crippen LogP contribution in [0.25, 0.3) is 0 Å². The summed E-state index contributed by atoms with van der Waals surface area (Å²) in [6, 6.07) is 27.0. The van der Waals surface area contributed by atoms with Crippen molar-refractivity contribution >= 4 is 6.03 Å². The molecule has 0 saturated carbocycles. The van der Waals surface area contributed by atoms with Gasteiger partial charge in [-0.25, -0.2) is 4.79 Å². The van der Waals surface area contributed by atoms with Crippen molar-refractivity contribution in [3.63, 3.8) is 0 Å². The Morgan fingerprint density at radius 2 is 1.29 bits per heavy atom. The molecule has 3 aromatic carbocycles. The van der Waals surface area contributed by atoms with Crippen molar-refractivity contribution in [2.45, 2.75) is 13.1 Å². The van der Waals surface area contributed by atoms with E-state index in [0.717, 1.165) is 11.1 Å². The maximum absolute atomic E-state index is 12.8. The summed E-state index contributed by atoms with van der Waals surface area (Å²) in [5.41, 5.74) is 2.14. The summed E-state index contributed by atoms with van der Waals surface area (Å²) in [6.07, 6.45) is 0. The van der Waals surface area contributed by atoms with Crippen molar-refractivity contribution in [3.8, 4) is 11.5 Å². The summed E-state index contributed by atoms with van der Waals surface area (Å²) in [7, 11) is 1.59. The molecule has 0 heterocycles. The maximum Gasteiger partial charge on any atom is 0.320 e. The monoisotopic (exact) mass is 376 g/mol. The minimum Gasteiger partial charge on any atom is -0.493 e. The lowest BCUT2D eigenvalue weighted by Crippen LogP contribution is -2.40. The minimum atomic E-state index is -0.192. The number of benzene rings is 3. The normalized spacial score (nSPS) is 10.2. The van der Waals surface area contributed by atoms with Gasteiger partial charge in [-0.1, -0.05) is 72.8 Å². The predicted octanol–water partition coefficient (Wildman–Crippen LogP) is 4.44. The summed E-state index contributed by atoms with van der Waals surface area (Å²) in [5, 5.41) is 2.83. The number of nitrogens with one attached hydrogen (secondary N) is 1. The van der Waals surface area contributed by atoms with Gasteiger partial charge in [-0.2, -0.15) is 0 Å². The molecular weight excluding hydrogens is 352 g/mol. The minimum absolute atomic E-state index is 0.0548. The molecule has 0 spiro atoms. The first kappa shape index (κ1) is 19.3. The predicted molar refractivity (Wildman–Crippen MR) is 109 cm³/mol. The number of nitrogens with zero attached hydrogens (tertiary/aromatic N) is 1. The summed E-state index contributed by atoms with van der Waals surface area (Å²) in [5.74, 6) is 1.21. The van der Waals surface area contributed by atoms with Crippen LogP contribution in [0, 0.1) is 0 Å². The highest BCUT2D eigenvalue weighted by atomic mass is 16.5. The number of hydrogen-bond donors (Lipinski definition) is 1. The molecule has 1 N–H and O–H groups in total. The van der Waals surface area contributed by atoms with Crippen molar-refractivity contribution in [3.05, 3.63) is 96.1 Å². The van der Waals surface area contributed by atoms with Crippen LogP contribution in [0.4, 0.5) is 4.79 Å². The first-order valence-corrected chi connectivity index (χ1v) is 9.12. The Hall–Kier alpha value is -3.47. The molecule has 0 saturated heterocycles. The van der Waals surface area contributed by atoms with E-state index in [1.54, 1.807) is 18.1 Å². The standard InChI is InChI=1S/C23H24N2O3/c1-27-21-14-8-9-15-22(21)28-18-24-23(26)25(16-19-10-4-2-5-11-19)17-20-12-6-3-7-13-20/h2-15H,16-18H2,1H3,(H,24,26). The summed E-state index contributed by atoms with van der Waals surface area (Å²) in [4.78, 5) is 14.6. The molecule has 3 aromatic rings. The number of rotatable bonds is 8. The summed E-state index contributed by atoms with van der Waals surface area (Å²) >= 11 is 0. The van der Waals surface area contributed by atoms with Crippen LogP contribution in [0.2, 0.25) is 0 Å². The van der Waals surface area contributed by atoms with E-state index >= 15 is 0 Å². The molecule has 144 valence electrons. The number of amides is 2. The third-order valence-electron chi connectivity index (χ3n) is 4.24. The fourth-order valence-corrected chi connectivity index (χ4v) is 2.83. The molecule has 0 bridgehead atoms. The van der Waals surface area contributed by atoms with Gasteiger partial charge in [0.2, 0.25) is 0 Å². The van der Waals surface area contributed by atoms with E-state index in [9.17, 15) is 4.79 Å². The van der Waals surface area contributed by atoms with Crippen LogP contribution < -0.4 is 14.8 Å². The number of hydrogen-bond acceptors (Lipinski definition) is 3. The molecule has 0 fully saturated rings. The first-order chi connectivity index (χ1) is 13.8. The van der Waals surface area contributed by atoms with Crippen LogP contribution in [0.1, 0.15) is 11.1 Å². The van der Waals surface area contributed by atoms with E-state index in [-0.39, 0.29) is 12.8 Å². The zero-order valence-corrected chi connectivity index (χ0v) is 15.9. The Labute approximate surface area is 165 Å². The number of carbonyl (C=O) groups is 1. The molecule has 2 amide bonds. The summed E-state index contributed by atoms with van der Waals surface area (Å²) < 4.78 is 10.9. The van der Waals surface area contributed by atoms with Crippen molar-refractivity contribution in [1.82, 2.24) is 10.2 Å².